The number of hydrogen-bond acceptors (Lipinski definition) is 5. The molecule has 7 nitrogen and oxygen atoms in total. The van der Waals surface area contributed by atoms with Crippen LogP contribution in [-0.4, -0.2) is 71.1 Å². The lowest BCUT2D eigenvalue weighted by molar-refractivity contribution is -0.131. The average molecular weight is 462 g/mol. The van der Waals surface area contributed by atoms with Gasteiger partial charge in [0.15, 0.2) is 5.82 Å². The Morgan fingerprint density at radius 1 is 0.912 bits per heavy atom. The van der Waals surface area contributed by atoms with Gasteiger partial charge in [-0.15, -0.1) is 10.2 Å². The van der Waals surface area contributed by atoms with Gasteiger partial charge in [0.05, 0.1) is 11.3 Å². The number of anilines is 1. The number of carbonyl (C=O) groups excluding carboxylic acids is 2. The van der Waals surface area contributed by atoms with Crippen LogP contribution >= 0.6 is 0 Å². The molecule has 0 unspecified atom stereocenters. The molecule has 1 aromatic heterocycles. The van der Waals surface area contributed by atoms with Gasteiger partial charge in [-0.2, -0.15) is 0 Å². The Bertz CT molecular complexity index is 1120. The zero-order chi connectivity index (χ0) is 23.9. The van der Waals surface area contributed by atoms with Crippen LogP contribution < -0.4 is 4.90 Å². The lowest BCUT2D eigenvalue weighted by Gasteiger charge is -2.26. The summed E-state index contributed by atoms with van der Waals surface area (Å²) in [6, 6.07) is 19.7. The van der Waals surface area contributed by atoms with Gasteiger partial charge in [0, 0.05) is 38.3 Å². The zero-order valence-electron chi connectivity index (χ0n) is 19.2. The quantitative estimate of drug-likeness (QED) is 0.562. The molecule has 0 saturated carbocycles. The summed E-state index contributed by atoms with van der Waals surface area (Å²) in [5.74, 6) is -0.417. The third kappa shape index (κ3) is 5.39. The van der Waals surface area contributed by atoms with E-state index in [-0.39, 0.29) is 18.0 Å². The maximum atomic E-state index is 14.0. The fourth-order valence-electron chi connectivity index (χ4n) is 4.05. The Hall–Kier alpha value is -3.81. The summed E-state index contributed by atoms with van der Waals surface area (Å²) in [4.78, 5) is 31.0. The van der Waals surface area contributed by atoms with Crippen LogP contribution in [0.2, 0.25) is 0 Å². The first-order valence-corrected chi connectivity index (χ1v) is 11.5. The molecule has 0 radical (unpaired) electrons. The minimum absolute atomic E-state index is 0.0169. The van der Waals surface area contributed by atoms with Crippen LogP contribution in [-0.2, 0) is 4.79 Å². The highest BCUT2D eigenvalue weighted by Gasteiger charge is 2.25. The molecule has 0 atom stereocenters. The molecular formula is C26H28FN5O2. The van der Waals surface area contributed by atoms with E-state index in [4.69, 9.17) is 0 Å². The fourth-order valence-corrected chi connectivity index (χ4v) is 4.05. The van der Waals surface area contributed by atoms with E-state index in [1.54, 1.807) is 17.9 Å². The number of benzene rings is 2. The van der Waals surface area contributed by atoms with Crippen molar-refractivity contribution in [3.05, 3.63) is 78.1 Å². The van der Waals surface area contributed by atoms with Crippen LogP contribution in [0.3, 0.4) is 0 Å². The van der Waals surface area contributed by atoms with Crippen molar-refractivity contribution < 1.29 is 14.0 Å². The molecule has 2 aromatic carbocycles. The summed E-state index contributed by atoms with van der Waals surface area (Å²) in [7, 11) is 0. The maximum absolute atomic E-state index is 14.0. The SMILES string of the molecule is CCN(CC(=O)N1CCCN(c2ccc(-c3ccccc3)nn2)CC1)C(=O)c1ccccc1F. The molecule has 1 aliphatic rings. The van der Waals surface area contributed by atoms with Crippen LogP contribution in [0.5, 0.6) is 0 Å². The van der Waals surface area contributed by atoms with E-state index in [0.717, 1.165) is 30.0 Å². The highest BCUT2D eigenvalue weighted by Crippen LogP contribution is 2.19. The molecule has 1 aliphatic heterocycles. The number of hydrogen-bond donors (Lipinski definition) is 0. The summed E-state index contributed by atoms with van der Waals surface area (Å²) in [6.07, 6.45) is 0.779. The Labute approximate surface area is 198 Å². The molecule has 34 heavy (non-hydrogen) atoms. The largest absolute Gasteiger partial charge is 0.353 e. The van der Waals surface area contributed by atoms with Crippen molar-refractivity contribution in [1.29, 1.82) is 0 Å². The lowest BCUT2D eigenvalue weighted by Crippen LogP contribution is -2.44. The Morgan fingerprint density at radius 3 is 2.38 bits per heavy atom. The number of likely N-dealkylation sites (N-methyl/N-ethyl adjacent to an activating group) is 1. The van der Waals surface area contributed by atoms with Crippen molar-refractivity contribution in [2.75, 3.05) is 44.2 Å². The predicted molar refractivity (Wildman–Crippen MR) is 129 cm³/mol. The van der Waals surface area contributed by atoms with Gasteiger partial charge < -0.3 is 14.7 Å². The first-order chi connectivity index (χ1) is 16.6. The molecule has 2 heterocycles. The number of halogens is 1. The van der Waals surface area contributed by atoms with Crippen LogP contribution in [0.1, 0.15) is 23.7 Å². The van der Waals surface area contributed by atoms with E-state index in [9.17, 15) is 14.0 Å². The summed E-state index contributed by atoms with van der Waals surface area (Å²) < 4.78 is 14.0. The molecule has 3 aromatic rings. The van der Waals surface area contributed by atoms with E-state index < -0.39 is 11.7 Å². The second-order valence-electron chi connectivity index (χ2n) is 8.16. The Balaban J connectivity index is 1.36. The van der Waals surface area contributed by atoms with Gasteiger partial charge >= 0.3 is 0 Å². The highest BCUT2D eigenvalue weighted by atomic mass is 19.1. The second kappa shape index (κ2) is 10.9. The van der Waals surface area contributed by atoms with E-state index in [1.165, 1.54) is 23.1 Å². The Kier molecular flexibility index (Phi) is 7.47. The molecule has 2 amide bonds. The normalized spacial score (nSPS) is 13.9. The van der Waals surface area contributed by atoms with Crippen molar-refractivity contribution in [3.63, 3.8) is 0 Å². The number of aromatic nitrogens is 2. The van der Waals surface area contributed by atoms with E-state index in [0.29, 0.717) is 26.2 Å². The molecule has 1 saturated heterocycles. The van der Waals surface area contributed by atoms with Crippen molar-refractivity contribution in [3.8, 4) is 11.3 Å². The summed E-state index contributed by atoms with van der Waals surface area (Å²) in [5, 5.41) is 8.77. The van der Waals surface area contributed by atoms with E-state index >= 15 is 0 Å². The first kappa shape index (κ1) is 23.4. The number of nitrogens with zero attached hydrogens (tertiary/aromatic N) is 5. The minimum Gasteiger partial charge on any atom is -0.353 e. The van der Waals surface area contributed by atoms with Gasteiger partial charge in [-0.1, -0.05) is 42.5 Å². The van der Waals surface area contributed by atoms with Crippen LogP contribution in [0.15, 0.2) is 66.7 Å². The highest BCUT2D eigenvalue weighted by molar-refractivity contribution is 5.96. The van der Waals surface area contributed by atoms with E-state index in [1.807, 2.05) is 42.5 Å². The third-order valence-electron chi connectivity index (χ3n) is 5.99. The van der Waals surface area contributed by atoms with Crippen molar-refractivity contribution >= 4 is 17.6 Å². The summed E-state index contributed by atoms with van der Waals surface area (Å²) in [6.45, 7) is 4.53. The van der Waals surface area contributed by atoms with Gasteiger partial charge in [0.2, 0.25) is 5.91 Å². The van der Waals surface area contributed by atoms with Gasteiger partial charge in [0.25, 0.3) is 5.91 Å². The second-order valence-corrected chi connectivity index (χ2v) is 8.16. The van der Waals surface area contributed by atoms with Crippen LogP contribution in [0.25, 0.3) is 11.3 Å². The molecule has 0 bridgehead atoms. The molecule has 1 fully saturated rings. The molecule has 0 N–H and O–H groups in total. The lowest BCUT2D eigenvalue weighted by atomic mass is 10.1. The fraction of sp³-hybridized carbons (Fsp3) is 0.308. The van der Waals surface area contributed by atoms with Gasteiger partial charge in [0.1, 0.15) is 12.4 Å². The molecular weight excluding hydrogens is 433 g/mol. The summed E-state index contributed by atoms with van der Waals surface area (Å²) >= 11 is 0. The number of rotatable bonds is 6. The number of amides is 2. The van der Waals surface area contributed by atoms with Crippen molar-refractivity contribution in [2.24, 2.45) is 0 Å². The summed E-state index contributed by atoms with van der Waals surface area (Å²) in [5.41, 5.74) is 1.81. The van der Waals surface area contributed by atoms with Crippen LogP contribution in [0, 0.1) is 5.82 Å². The number of carbonyl (C=O) groups is 2. The zero-order valence-corrected chi connectivity index (χ0v) is 19.2. The first-order valence-electron chi connectivity index (χ1n) is 11.5. The average Bonchev–Trinajstić information content (AvgIpc) is 3.14. The van der Waals surface area contributed by atoms with Gasteiger partial charge in [-0.25, -0.2) is 4.39 Å². The van der Waals surface area contributed by atoms with Crippen molar-refractivity contribution in [1.82, 2.24) is 20.0 Å². The Morgan fingerprint density at radius 2 is 1.68 bits per heavy atom. The molecule has 8 heteroatoms. The molecule has 176 valence electrons. The molecule has 0 aliphatic carbocycles. The third-order valence-corrected chi connectivity index (χ3v) is 5.99. The maximum Gasteiger partial charge on any atom is 0.257 e. The van der Waals surface area contributed by atoms with Gasteiger partial charge in [-0.3, -0.25) is 9.59 Å². The predicted octanol–water partition coefficient (Wildman–Crippen LogP) is 3.48. The van der Waals surface area contributed by atoms with Crippen LogP contribution in [0.4, 0.5) is 10.2 Å². The van der Waals surface area contributed by atoms with Gasteiger partial charge in [-0.05, 0) is 37.6 Å². The topological polar surface area (TPSA) is 69.6 Å². The monoisotopic (exact) mass is 461 g/mol. The standard InChI is InChI=1S/C26H28FN5O2/c1-2-30(26(34)21-11-6-7-12-22(21)27)19-25(33)32-16-8-15-31(17-18-32)24-14-13-23(28-29-24)20-9-4-3-5-10-20/h3-7,9-14H,2,8,15-19H2,1H3. The minimum atomic E-state index is -0.580. The molecule has 0 spiro atoms. The van der Waals surface area contributed by atoms with E-state index in [2.05, 4.69) is 15.1 Å². The molecule has 4 rings (SSSR count). The smallest absolute Gasteiger partial charge is 0.257 e. The van der Waals surface area contributed by atoms with Crippen molar-refractivity contribution in [2.45, 2.75) is 13.3 Å².